The van der Waals surface area contributed by atoms with Crippen molar-refractivity contribution in [3.63, 3.8) is 0 Å². The Morgan fingerprint density at radius 2 is 1.94 bits per heavy atom. The number of aromatic carboxylic acids is 1. The summed E-state index contributed by atoms with van der Waals surface area (Å²) in [6.07, 6.45) is 4.15. The summed E-state index contributed by atoms with van der Waals surface area (Å²) in [6.45, 7) is 4.40. The van der Waals surface area contributed by atoms with Crippen LogP contribution in [0.5, 0.6) is 0 Å². The second-order valence-electron chi connectivity index (χ2n) is 6.02. The average Bonchev–Trinajstić information content (AvgIpc) is 2.71. The summed E-state index contributed by atoms with van der Waals surface area (Å²) in [5.74, 6) is -0.821. The number of furan rings is 1. The number of carboxylic acid groups (broad SMARTS) is 1. The Morgan fingerprint density at radius 3 is 2.56 bits per heavy atom. The zero-order valence-electron chi connectivity index (χ0n) is 10.9. The van der Waals surface area contributed by atoms with E-state index in [1.807, 2.05) is 0 Å². The van der Waals surface area contributed by atoms with Crippen LogP contribution in [0.1, 0.15) is 62.3 Å². The quantitative estimate of drug-likeness (QED) is 0.793. The van der Waals surface area contributed by atoms with E-state index in [0.717, 1.165) is 19.3 Å². The minimum absolute atomic E-state index is 0.109. The maximum Gasteiger partial charge on any atom is 0.371 e. The van der Waals surface area contributed by atoms with E-state index in [1.54, 1.807) is 6.07 Å². The fourth-order valence-electron chi connectivity index (χ4n) is 2.60. The molecule has 1 aromatic heterocycles. The first kappa shape index (κ1) is 13.1. The number of carbonyl (C=O) groups is 1. The van der Waals surface area contributed by atoms with Crippen LogP contribution in [-0.4, -0.2) is 16.2 Å². The highest BCUT2D eigenvalue weighted by Crippen LogP contribution is 2.43. The Labute approximate surface area is 107 Å². The summed E-state index contributed by atoms with van der Waals surface area (Å²) in [4.78, 5) is 10.8. The highest BCUT2D eigenvalue weighted by Gasteiger charge is 2.37. The highest BCUT2D eigenvalue weighted by molar-refractivity contribution is 5.84. The molecule has 0 amide bonds. The van der Waals surface area contributed by atoms with Gasteiger partial charge >= 0.3 is 5.97 Å². The first-order valence-corrected chi connectivity index (χ1v) is 6.38. The van der Waals surface area contributed by atoms with Gasteiger partial charge in [0.2, 0.25) is 5.76 Å². The lowest BCUT2D eigenvalue weighted by molar-refractivity contribution is -0.00375. The van der Waals surface area contributed by atoms with Crippen LogP contribution < -0.4 is 0 Å². The van der Waals surface area contributed by atoms with Gasteiger partial charge in [-0.1, -0.05) is 13.8 Å². The molecule has 0 saturated heterocycles. The molecular formula is C14H20O4. The van der Waals surface area contributed by atoms with Crippen molar-refractivity contribution in [1.29, 1.82) is 0 Å². The maximum atomic E-state index is 10.8. The summed E-state index contributed by atoms with van der Waals surface area (Å²) < 4.78 is 5.26. The summed E-state index contributed by atoms with van der Waals surface area (Å²) >= 11 is 0. The lowest BCUT2D eigenvalue weighted by atomic mass is 9.84. The van der Waals surface area contributed by atoms with Crippen molar-refractivity contribution in [1.82, 2.24) is 0 Å². The van der Waals surface area contributed by atoms with Gasteiger partial charge in [-0.25, -0.2) is 4.79 Å². The lowest BCUT2D eigenvalue weighted by Gasteiger charge is -2.25. The van der Waals surface area contributed by atoms with Gasteiger partial charge in [-0.2, -0.15) is 0 Å². The molecule has 1 heterocycles. The Morgan fingerprint density at radius 1 is 1.22 bits per heavy atom. The van der Waals surface area contributed by atoms with E-state index in [0.29, 0.717) is 18.6 Å². The second-order valence-corrected chi connectivity index (χ2v) is 6.02. The van der Waals surface area contributed by atoms with Gasteiger partial charge in [0.05, 0.1) is 0 Å². The van der Waals surface area contributed by atoms with E-state index >= 15 is 0 Å². The third-order valence-corrected chi connectivity index (χ3v) is 3.93. The molecule has 4 nitrogen and oxygen atoms in total. The topological polar surface area (TPSA) is 70.7 Å². The first-order valence-electron chi connectivity index (χ1n) is 6.38. The molecule has 2 rings (SSSR count). The molecule has 1 unspecified atom stereocenters. The van der Waals surface area contributed by atoms with Crippen LogP contribution in [0.3, 0.4) is 0 Å². The molecular weight excluding hydrogens is 232 g/mol. The Balaban J connectivity index is 2.22. The van der Waals surface area contributed by atoms with Crippen LogP contribution >= 0.6 is 0 Å². The standard InChI is InChI=1S/C14H20O4/c1-13(2)6-3-7-14(17,9-8-13)11-5-4-10(18-11)12(15)16/h4-5,17H,3,6-9H2,1-2H3,(H,15,16). The molecule has 0 aromatic carbocycles. The second kappa shape index (κ2) is 4.43. The van der Waals surface area contributed by atoms with Crippen molar-refractivity contribution in [3.05, 3.63) is 23.7 Å². The number of hydrogen-bond acceptors (Lipinski definition) is 3. The molecule has 1 aliphatic carbocycles. The summed E-state index contributed by atoms with van der Waals surface area (Å²) in [6, 6.07) is 2.99. The first-order chi connectivity index (χ1) is 8.32. The lowest BCUT2D eigenvalue weighted by Crippen LogP contribution is -2.24. The molecule has 1 fully saturated rings. The van der Waals surface area contributed by atoms with Crippen molar-refractivity contribution < 1.29 is 19.4 Å². The van der Waals surface area contributed by atoms with Crippen LogP contribution in [-0.2, 0) is 5.60 Å². The minimum atomic E-state index is -1.10. The fraction of sp³-hybridized carbons (Fsp3) is 0.643. The number of aliphatic hydroxyl groups is 1. The summed E-state index contributed by atoms with van der Waals surface area (Å²) in [5.41, 5.74) is -0.784. The van der Waals surface area contributed by atoms with Gasteiger partial charge in [0.1, 0.15) is 11.4 Å². The van der Waals surface area contributed by atoms with Crippen LogP contribution in [0.25, 0.3) is 0 Å². The summed E-state index contributed by atoms with van der Waals surface area (Å²) in [7, 11) is 0. The van der Waals surface area contributed by atoms with Gasteiger partial charge in [0.25, 0.3) is 0 Å². The zero-order chi connectivity index (χ0) is 13.4. The SMILES string of the molecule is CC1(C)CCCC(O)(c2ccc(C(=O)O)o2)CC1. The van der Waals surface area contributed by atoms with E-state index < -0.39 is 11.6 Å². The molecule has 1 saturated carbocycles. The largest absolute Gasteiger partial charge is 0.475 e. The van der Waals surface area contributed by atoms with Crippen LogP contribution in [0.15, 0.2) is 16.5 Å². The normalized spacial score (nSPS) is 27.7. The number of carboxylic acids is 1. The fourth-order valence-corrected chi connectivity index (χ4v) is 2.60. The molecule has 2 N–H and O–H groups in total. The van der Waals surface area contributed by atoms with Crippen LogP contribution in [0, 0.1) is 5.41 Å². The molecule has 1 aromatic rings. The average molecular weight is 252 g/mol. The molecule has 4 heteroatoms. The Kier molecular flexibility index (Phi) is 3.23. The van der Waals surface area contributed by atoms with Crippen molar-refractivity contribution in [3.8, 4) is 0 Å². The molecule has 0 spiro atoms. The van der Waals surface area contributed by atoms with E-state index in [4.69, 9.17) is 9.52 Å². The predicted octanol–water partition coefficient (Wildman–Crippen LogP) is 3.16. The highest BCUT2D eigenvalue weighted by atomic mass is 16.4. The van der Waals surface area contributed by atoms with Gasteiger partial charge in [0.15, 0.2) is 0 Å². The molecule has 1 atom stereocenters. The third kappa shape index (κ3) is 2.58. The van der Waals surface area contributed by atoms with E-state index in [-0.39, 0.29) is 11.2 Å². The molecule has 0 bridgehead atoms. The van der Waals surface area contributed by atoms with E-state index in [2.05, 4.69) is 13.8 Å². The van der Waals surface area contributed by atoms with Crippen molar-refractivity contribution >= 4 is 5.97 Å². The smallest absolute Gasteiger partial charge is 0.371 e. The minimum Gasteiger partial charge on any atom is -0.475 e. The van der Waals surface area contributed by atoms with E-state index in [1.165, 1.54) is 6.07 Å². The van der Waals surface area contributed by atoms with Crippen LogP contribution in [0.2, 0.25) is 0 Å². The molecule has 0 radical (unpaired) electrons. The summed E-state index contributed by atoms with van der Waals surface area (Å²) in [5, 5.41) is 19.5. The van der Waals surface area contributed by atoms with Gasteiger partial charge < -0.3 is 14.6 Å². The third-order valence-electron chi connectivity index (χ3n) is 3.93. The van der Waals surface area contributed by atoms with Gasteiger partial charge in [0, 0.05) is 0 Å². The van der Waals surface area contributed by atoms with Crippen LogP contribution in [0.4, 0.5) is 0 Å². The molecule has 18 heavy (non-hydrogen) atoms. The van der Waals surface area contributed by atoms with E-state index in [9.17, 15) is 9.90 Å². The Hall–Kier alpha value is -1.29. The molecule has 0 aliphatic heterocycles. The monoisotopic (exact) mass is 252 g/mol. The van der Waals surface area contributed by atoms with Crippen molar-refractivity contribution in [2.24, 2.45) is 5.41 Å². The van der Waals surface area contributed by atoms with Crippen molar-refractivity contribution in [2.45, 2.75) is 51.6 Å². The Bertz CT molecular complexity index is 446. The predicted molar refractivity (Wildman–Crippen MR) is 66.4 cm³/mol. The number of rotatable bonds is 2. The van der Waals surface area contributed by atoms with Gasteiger partial charge in [-0.3, -0.25) is 0 Å². The number of hydrogen-bond donors (Lipinski definition) is 2. The van der Waals surface area contributed by atoms with Crippen molar-refractivity contribution in [2.75, 3.05) is 0 Å². The van der Waals surface area contributed by atoms with Gasteiger partial charge in [-0.15, -0.1) is 0 Å². The molecule has 1 aliphatic rings. The molecule has 100 valence electrons. The maximum absolute atomic E-state index is 10.8. The zero-order valence-corrected chi connectivity index (χ0v) is 10.9. The van der Waals surface area contributed by atoms with Gasteiger partial charge in [-0.05, 0) is 49.7 Å².